The number of unbranched alkanes of at least 4 members (excludes halogenated alkanes) is 8. The van der Waals surface area contributed by atoms with E-state index in [0.29, 0.717) is 6.42 Å². The van der Waals surface area contributed by atoms with Crippen LogP contribution in [0.5, 0.6) is 0 Å². The molecule has 0 aliphatic rings. The first-order chi connectivity index (χ1) is 11.8. The predicted molar refractivity (Wildman–Crippen MR) is 107 cm³/mol. The maximum absolute atomic E-state index is 10.3. The molecule has 5 N–H and O–H groups in total. The van der Waals surface area contributed by atoms with Crippen molar-refractivity contribution in [2.24, 2.45) is 0 Å². The summed E-state index contributed by atoms with van der Waals surface area (Å²) in [7, 11) is -4.86. The van der Waals surface area contributed by atoms with Crippen LogP contribution in [0.4, 0.5) is 0 Å². The van der Waals surface area contributed by atoms with Crippen molar-refractivity contribution in [3.8, 4) is 0 Å². The summed E-state index contributed by atoms with van der Waals surface area (Å²) in [5.74, 6) is -0.671. The van der Waals surface area contributed by atoms with Crippen molar-refractivity contribution < 1.29 is 34.6 Å². The summed E-state index contributed by atoms with van der Waals surface area (Å²) in [5.41, 5.74) is 0. The van der Waals surface area contributed by atoms with E-state index in [1.807, 2.05) is 0 Å². The van der Waals surface area contributed by atoms with Crippen LogP contribution in [0.25, 0.3) is 0 Å². The van der Waals surface area contributed by atoms with Gasteiger partial charge in [0.2, 0.25) is 0 Å². The van der Waals surface area contributed by atoms with E-state index in [2.05, 4.69) is 31.2 Å². The topological polar surface area (TPSA) is 151 Å². The van der Waals surface area contributed by atoms with Gasteiger partial charge >= 0.3 is 38.1 Å². The number of aliphatic carboxylic acids is 1. The largest absolute Gasteiger partial charge is 2.00 e. The summed E-state index contributed by atoms with van der Waals surface area (Å²) in [5, 5.41) is 8.50. The van der Waals surface area contributed by atoms with Crippen molar-refractivity contribution in [1.82, 2.24) is 0 Å². The van der Waals surface area contributed by atoms with Crippen molar-refractivity contribution >= 4 is 38.1 Å². The van der Waals surface area contributed by atoms with Crippen LogP contribution in [-0.4, -0.2) is 63.0 Å². The van der Waals surface area contributed by atoms with E-state index in [1.54, 1.807) is 0 Å². The number of carboxylic acids is 1. The van der Waals surface area contributed by atoms with Crippen LogP contribution in [0.2, 0.25) is 0 Å². The minimum Gasteiger partial charge on any atom is -0.870 e. The Labute approximate surface area is 180 Å². The van der Waals surface area contributed by atoms with E-state index >= 15 is 0 Å². The SMILES string of the molecule is CCCCC/C=C\C/C=C\CCCCCCCC(=O)O.[Mg+2].[O-][Si](O)(O)O.[OH-]. The van der Waals surface area contributed by atoms with Crippen molar-refractivity contribution in [3.05, 3.63) is 24.3 Å². The fraction of sp³-hybridized carbons (Fsp3) is 0.722. The zero-order valence-corrected chi connectivity index (χ0v) is 19.0. The molecule has 7 nitrogen and oxygen atoms in total. The number of hydrogen-bond acceptors (Lipinski definition) is 6. The van der Waals surface area contributed by atoms with Crippen molar-refractivity contribution in [1.29, 1.82) is 0 Å². The molecular formula is C18H36MgO7Si. The van der Waals surface area contributed by atoms with Gasteiger partial charge in [-0.2, -0.15) is 0 Å². The number of carboxylic acid groups (broad SMARTS) is 1. The number of allylic oxidation sites excluding steroid dienone is 4. The Morgan fingerprint density at radius 3 is 1.70 bits per heavy atom. The van der Waals surface area contributed by atoms with Gasteiger partial charge in [0, 0.05) is 6.42 Å². The number of rotatable bonds is 14. The van der Waals surface area contributed by atoms with Crippen LogP contribution >= 0.6 is 0 Å². The van der Waals surface area contributed by atoms with Gasteiger partial charge in [-0.05, 0) is 38.5 Å². The van der Waals surface area contributed by atoms with Gasteiger partial charge in [0.15, 0.2) is 0 Å². The molecule has 0 aromatic carbocycles. The molecular weight excluding hydrogens is 381 g/mol. The van der Waals surface area contributed by atoms with Gasteiger partial charge in [-0.3, -0.25) is 4.79 Å². The van der Waals surface area contributed by atoms with Crippen LogP contribution in [0.3, 0.4) is 0 Å². The third kappa shape index (κ3) is 51.8. The molecule has 156 valence electrons. The first-order valence-electron chi connectivity index (χ1n) is 9.16. The third-order valence-electron chi connectivity index (χ3n) is 3.34. The van der Waals surface area contributed by atoms with Crippen molar-refractivity contribution in [2.75, 3.05) is 0 Å². The average molecular weight is 417 g/mol. The second kappa shape index (κ2) is 25.7. The van der Waals surface area contributed by atoms with Gasteiger partial charge < -0.3 is 29.8 Å². The van der Waals surface area contributed by atoms with Gasteiger partial charge in [0.1, 0.15) is 0 Å². The molecule has 0 rings (SSSR count). The summed E-state index contributed by atoms with van der Waals surface area (Å²) < 4.78 is 0. The molecule has 0 amide bonds. The molecule has 0 fully saturated rings. The van der Waals surface area contributed by atoms with Gasteiger partial charge in [0.25, 0.3) is 0 Å². The standard InChI is InChI=1S/C18H32O2.Mg.H3O4Si.H2O/c1-2-3-4-5-6-7-8-9-10-11-12-13-14-15-16-17-18(19)20;;1-5(2,3)4;/h6-7,9-10H,2-5,8,11-17H2,1H3,(H,19,20);;1-3H;1H2/q;+2;-1;/p-1/b7-6-,10-9-;;;. The summed E-state index contributed by atoms with van der Waals surface area (Å²) >= 11 is 0. The Balaban J connectivity index is -0.000000333. The minimum absolute atomic E-state index is 0. The third-order valence-corrected chi connectivity index (χ3v) is 3.34. The number of carbonyl (C=O) groups is 1. The van der Waals surface area contributed by atoms with Crippen LogP contribution in [-0.2, 0) is 4.79 Å². The Morgan fingerprint density at radius 2 is 1.26 bits per heavy atom. The molecule has 0 aliphatic carbocycles. The summed E-state index contributed by atoms with van der Waals surface area (Å²) in [6, 6.07) is 0. The van der Waals surface area contributed by atoms with Gasteiger partial charge in [-0.15, -0.1) is 0 Å². The van der Waals surface area contributed by atoms with Crippen molar-refractivity contribution in [3.63, 3.8) is 0 Å². The van der Waals surface area contributed by atoms with E-state index < -0.39 is 15.0 Å². The summed E-state index contributed by atoms with van der Waals surface area (Å²) in [4.78, 5) is 40.9. The Morgan fingerprint density at radius 1 is 0.852 bits per heavy atom. The Kier molecular flexibility index (Phi) is 32.6. The molecule has 0 saturated heterocycles. The molecule has 0 radical (unpaired) electrons. The van der Waals surface area contributed by atoms with Gasteiger partial charge in [0.05, 0.1) is 0 Å². The molecule has 0 bridgehead atoms. The van der Waals surface area contributed by atoms with E-state index in [-0.39, 0.29) is 28.5 Å². The second-order valence-corrected chi connectivity index (χ2v) is 7.10. The Hall–Kier alpha value is -0.267. The molecule has 9 heteroatoms. The molecule has 27 heavy (non-hydrogen) atoms. The first-order valence-corrected chi connectivity index (χ1v) is 10.9. The van der Waals surface area contributed by atoms with Gasteiger partial charge in [-0.1, -0.05) is 63.3 Å². The molecule has 0 aromatic heterocycles. The molecule has 0 atom stereocenters. The number of hydrogen-bond donors (Lipinski definition) is 4. The maximum atomic E-state index is 10.3. The smallest absolute Gasteiger partial charge is 0.870 e. The van der Waals surface area contributed by atoms with Crippen LogP contribution in [0, 0.1) is 0 Å². The molecule has 0 spiro atoms. The molecule has 0 saturated carbocycles. The fourth-order valence-corrected chi connectivity index (χ4v) is 2.09. The zero-order chi connectivity index (χ0) is 19.4. The fourth-order valence-electron chi connectivity index (χ4n) is 2.09. The molecule has 0 heterocycles. The normalized spacial score (nSPS) is 10.9. The van der Waals surface area contributed by atoms with Crippen molar-refractivity contribution in [2.45, 2.75) is 84.0 Å². The minimum atomic E-state index is -4.86. The van der Waals surface area contributed by atoms with E-state index in [4.69, 9.17) is 24.3 Å². The zero-order valence-electron chi connectivity index (χ0n) is 16.6. The van der Waals surface area contributed by atoms with E-state index in [0.717, 1.165) is 25.7 Å². The monoisotopic (exact) mass is 416 g/mol. The van der Waals surface area contributed by atoms with E-state index in [9.17, 15) is 4.79 Å². The average Bonchev–Trinajstić information content (AvgIpc) is 2.49. The quantitative estimate of drug-likeness (QED) is 0.192. The molecule has 0 aromatic rings. The molecule has 0 aliphatic heterocycles. The summed E-state index contributed by atoms with van der Waals surface area (Å²) in [6.45, 7) is 2.23. The predicted octanol–water partition coefficient (Wildman–Crippen LogP) is 2.09. The second-order valence-electron chi connectivity index (χ2n) is 5.95. The van der Waals surface area contributed by atoms with Crippen LogP contribution in [0.1, 0.15) is 84.0 Å². The van der Waals surface area contributed by atoms with Crippen LogP contribution < -0.4 is 4.80 Å². The first kappa shape index (κ1) is 34.3. The van der Waals surface area contributed by atoms with E-state index in [1.165, 1.54) is 44.9 Å². The Bertz CT molecular complexity index is 352. The molecule has 0 unspecified atom stereocenters. The maximum Gasteiger partial charge on any atom is 2.00 e. The van der Waals surface area contributed by atoms with Crippen LogP contribution in [0.15, 0.2) is 24.3 Å². The van der Waals surface area contributed by atoms with Gasteiger partial charge in [-0.25, -0.2) is 0 Å². The summed E-state index contributed by atoms with van der Waals surface area (Å²) in [6.07, 6.45) is 22.3.